The van der Waals surface area contributed by atoms with Gasteiger partial charge in [-0.3, -0.25) is 0 Å². The Kier molecular flexibility index (Phi) is 4.47. The van der Waals surface area contributed by atoms with E-state index in [4.69, 9.17) is 21.0 Å². The van der Waals surface area contributed by atoms with Crippen molar-refractivity contribution in [1.29, 1.82) is 0 Å². The van der Waals surface area contributed by atoms with Gasteiger partial charge in [0, 0.05) is 0 Å². The van der Waals surface area contributed by atoms with E-state index < -0.39 is 37.3 Å². The van der Waals surface area contributed by atoms with E-state index in [1.165, 1.54) is 0 Å². The van der Waals surface area contributed by atoms with Crippen molar-refractivity contribution < 1.29 is 29.9 Å². The van der Waals surface area contributed by atoms with Crippen molar-refractivity contribution >= 4 is 0 Å². The first-order valence-corrected chi connectivity index (χ1v) is 4.47. The highest BCUT2D eigenvalue weighted by Gasteiger charge is 2.43. The van der Waals surface area contributed by atoms with Crippen LogP contribution < -0.4 is 0 Å². The number of aliphatic hydroxyl groups excluding tert-OH is 4. The molecule has 0 aromatic heterocycles. The zero-order valence-corrected chi connectivity index (χ0v) is 7.98. The van der Waals surface area contributed by atoms with Gasteiger partial charge in [0.1, 0.15) is 31.0 Å². The maximum atomic E-state index is 9.44. The van der Waals surface area contributed by atoms with Crippen LogP contribution in [0.25, 0.3) is 0 Å². The van der Waals surface area contributed by atoms with Gasteiger partial charge in [-0.05, 0) is 0 Å². The molecule has 86 valence electrons. The normalized spacial score (nSPS) is 41.1. The number of terminal acetylenes is 1. The van der Waals surface area contributed by atoms with E-state index >= 15 is 0 Å². The lowest BCUT2D eigenvalue weighted by atomic mass is 9.99. The Balaban J connectivity index is 2.62. The minimum Gasteiger partial charge on any atom is -0.394 e. The van der Waals surface area contributed by atoms with Gasteiger partial charge in [-0.1, -0.05) is 5.92 Å². The van der Waals surface area contributed by atoms with Crippen LogP contribution in [0, 0.1) is 12.3 Å². The first-order valence-electron chi connectivity index (χ1n) is 4.47. The van der Waals surface area contributed by atoms with E-state index in [-0.39, 0.29) is 6.61 Å². The predicted octanol–water partition coefficient (Wildman–Crippen LogP) is -2.56. The van der Waals surface area contributed by atoms with Crippen molar-refractivity contribution in [2.75, 3.05) is 13.2 Å². The molecule has 0 spiro atoms. The highest BCUT2D eigenvalue weighted by atomic mass is 16.7. The molecule has 6 nitrogen and oxygen atoms in total. The minimum atomic E-state index is -1.43. The molecule has 15 heavy (non-hydrogen) atoms. The summed E-state index contributed by atoms with van der Waals surface area (Å²) in [7, 11) is 0. The molecule has 5 atom stereocenters. The van der Waals surface area contributed by atoms with E-state index in [0.717, 1.165) is 0 Å². The second-order valence-corrected chi connectivity index (χ2v) is 3.21. The van der Waals surface area contributed by atoms with Crippen LogP contribution in [-0.2, 0) is 9.47 Å². The summed E-state index contributed by atoms with van der Waals surface area (Å²) in [5.41, 5.74) is 0. The van der Waals surface area contributed by atoms with E-state index in [2.05, 4.69) is 5.92 Å². The average Bonchev–Trinajstić information content (AvgIpc) is 2.25. The second-order valence-electron chi connectivity index (χ2n) is 3.21. The summed E-state index contributed by atoms with van der Waals surface area (Å²) in [4.78, 5) is 0. The van der Waals surface area contributed by atoms with Crippen molar-refractivity contribution in [3.05, 3.63) is 0 Å². The molecule has 1 rings (SSSR count). The number of hydrogen-bond acceptors (Lipinski definition) is 6. The molecule has 1 aliphatic rings. The molecule has 0 aromatic carbocycles. The molecule has 2 unspecified atom stereocenters. The smallest absolute Gasteiger partial charge is 0.187 e. The third kappa shape index (κ3) is 2.66. The van der Waals surface area contributed by atoms with Gasteiger partial charge in [0.25, 0.3) is 0 Å². The lowest BCUT2D eigenvalue weighted by Gasteiger charge is -2.39. The summed E-state index contributed by atoms with van der Waals surface area (Å²) in [5.74, 6) is 2.17. The van der Waals surface area contributed by atoms with E-state index in [1.54, 1.807) is 0 Å². The average molecular weight is 218 g/mol. The molecule has 6 heteroatoms. The number of aliphatic hydroxyl groups is 4. The molecule has 1 fully saturated rings. The summed E-state index contributed by atoms with van der Waals surface area (Å²) in [5, 5.41) is 37.0. The monoisotopic (exact) mass is 218 g/mol. The fourth-order valence-electron chi connectivity index (χ4n) is 1.34. The van der Waals surface area contributed by atoms with Crippen molar-refractivity contribution in [3.63, 3.8) is 0 Å². The Morgan fingerprint density at radius 2 is 1.87 bits per heavy atom. The standard InChI is InChI=1S/C9H14O6/c1-2-3-14-9-8(13)7(12)6(11)5(4-10)15-9/h1,5-13H,3-4H2/t5?,6-,7+,8?,9+/m1/s1. The quantitative estimate of drug-likeness (QED) is 0.389. The molecule has 0 amide bonds. The first-order chi connectivity index (χ1) is 7.11. The van der Waals surface area contributed by atoms with Crippen LogP contribution in [0.4, 0.5) is 0 Å². The van der Waals surface area contributed by atoms with Gasteiger partial charge in [0.15, 0.2) is 6.29 Å². The van der Waals surface area contributed by atoms with Gasteiger partial charge in [0.05, 0.1) is 6.61 Å². The SMILES string of the molecule is C#CCO[C@H]1OC(CO)[C@@H](O)[C@H](O)C1O. The summed E-state index contributed by atoms with van der Waals surface area (Å²) in [6, 6.07) is 0. The van der Waals surface area contributed by atoms with Gasteiger partial charge >= 0.3 is 0 Å². The summed E-state index contributed by atoms with van der Waals surface area (Å²) in [6.45, 7) is -0.580. The predicted molar refractivity (Wildman–Crippen MR) is 48.6 cm³/mol. The lowest BCUT2D eigenvalue weighted by Crippen LogP contribution is -2.59. The fraction of sp³-hybridized carbons (Fsp3) is 0.778. The van der Waals surface area contributed by atoms with Crippen molar-refractivity contribution in [2.24, 2.45) is 0 Å². The molecule has 1 saturated heterocycles. The summed E-state index contributed by atoms with van der Waals surface area (Å²) in [6.07, 6.45) is -1.36. The highest BCUT2D eigenvalue weighted by Crippen LogP contribution is 2.21. The molecule has 0 radical (unpaired) electrons. The molecule has 4 N–H and O–H groups in total. The Labute approximate surface area is 87.1 Å². The van der Waals surface area contributed by atoms with Crippen LogP contribution in [0.1, 0.15) is 0 Å². The van der Waals surface area contributed by atoms with Crippen LogP contribution in [0.15, 0.2) is 0 Å². The molecule has 0 aliphatic carbocycles. The third-order valence-electron chi connectivity index (χ3n) is 2.18. The molecule has 1 aliphatic heterocycles. The Bertz CT molecular complexity index is 235. The first kappa shape index (κ1) is 12.4. The van der Waals surface area contributed by atoms with Crippen LogP contribution in [0.5, 0.6) is 0 Å². The molecule has 0 saturated carbocycles. The lowest BCUT2D eigenvalue weighted by molar-refractivity contribution is -0.298. The Morgan fingerprint density at radius 3 is 2.40 bits per heavy atom. The van der Waals surface area contributed by atoms with Gasteiger partial charge in [-0.15, -0.1) is 6.42 Å². The number of rotatable bonds is 3. The maximum Gasteiger partial charge on any atom is 0.187 e. The van der Waals surface area contributed by atoms with Gasteiger partial charge < -0.3 is 29.9 Å². The molecular formula is C9H14O6. The summed E-state index contributed by atoms with van der Waals surface area (Å²) < 4.78 is 9.91. The molecular weight excluding hydrogens is 204 g/mol. The van der Waals surface area contributed by atoms with Gasteiger partial charge in [0.2, 0.25) is 0 Å². The van der Waals surface area contributed by atoms with Crippen LogP contribution in [0.2, 0.25) is 0 Å². The topological polar surface area (TPSA) is 99.4 Å². The zero-order valence-electron chi connectivity index (χ0n) is 7.98. The highest BCUT2D eigenvalue weighted by molar-refractivity contribution is 4.90. The van der Waals surface area contributed by atoms with Crippen molar-refractivity contribution in [2.45, 2.75) is 30.7 Å². The van der Waals surface area contributed by atoms with E-state index in [9.17, 15) is 15.3 Å². The Hall–Kier alpha value is -0.680. The summed E-state index contributed by atoms with van der Waals surface area (Å²) >= 11 is 0. The van der Waals surface area contributed by atoms with Crippen molar-refractivity contribution in [3.8, 4) is 12.3 Å². The fourth-order valence-corrected chi connectivity index (χ4v) is 1.34. The van der Waals surface area contributed by atoms with Crippen molar-refractivity contribution in [1.82, 2.24) is 0 Å². The maximum absolute atomic E-state index is 9.44. The molecule has 0 bridgehead atoms. The Morgan fingerprint density at radius 1 is 1.20 bits per heavy atom. The van der Waals surface area contributed by atoms with Gasteiger partial charge in [-0.2, -0.15) is 0 Å². The largest absolute Gasteiger partial charge is 0.394 e. The molecule has 1 heterocycles. The minimum absolute atomic E-state index is 0.0946. The third-order valence-corrected chi connectivity index (χ3v) is 2.18. The van der Waals surface area contributed by atoms with Crippen LogP contribution in [-0.4, -0.2) is 64.3 Å². The van der Waals surface area contributed by atoms with Crippen LogP contribution in [0.3, 0.4) is 0 Å². The number of hydrogen-bond donors (Lipinski definition) is 4. The number of ether oxygens (including phenoxy) is 2. The van der Waals surface area contributed by atoms with E-state index in [1.807, 2.05) is 0 Å². The van der Waals surface area contributed by atoms with Crippen LogP contribution >= 0.6 is 0 Å². The second kappa shape index (κ2) is 5.42. The molecule has 0 aromatic rings. The van der Waals surface area contributed by atoms with Gasteiger partial charge in [-0.25, -0.2) is 0 Å². The zero-order chi connectivity index (χ0) is 11.4. The van der Waals surface area contributed by atoms with E-state index in [0.29, 0.717) is 0 Å².